The second-order valence-electron chi connectivity index (χ2n) is 15.9. The van der Waals surface area contributed by atoms with Gasteiger partial charge in [-0.3, -0.25) is 14.4 Å². The number of hydrogen-bond acceptors (Lipinski definition) is 16. The predicted molar refractivity (Wildman–Crippen MR) is 205 cm³/mol. The highest BCUT2D eigenvalue weighted by Gasteiger charge is 2.49. The minimum Gasteiger partial charge on any atom is -0.462 e. The normalized spacial score (nSPS) is 41.8. The highest BCUT2D eigenvalue weighted by atomic mass is 16.7. The van der Waals surface area contributed by atoms with E-state index in [1.807, 2.05) is 13.0 Å². The van der Waals surface area contributed by atoms with Crippen LogP contribution >= 0.6 is 0 Å². The molecular formula is C41H67NO15. The molecule has 0 bridgehead atoms. The van der Waals surface area contributed by atoms with Gasteiger partial charge < -0.3 is 62.9 Å². The molecule has 17 atom stereocenters. The molecule has 0 amide bonds. The highest BCUT2D eigenvalue weighted by Crippen LogP contribution is 2.35. The lowest BCUT2D eigenvalue weighted by atomic mass is 9.79. The van der Waals surface area contributed by atoms with Crippen molar-refractivity contribution in [2.24, 2.45) is 23.7 Å². The van der Waals surface area contributed by atoms with E-state index in [0.29, 0.717) is 12.0 Å². The Hall–Kier alpha value is -2.64. The zero-order chi connectivity index (χ0) is 42.7. The van der Waals surface area contributed by atoms with Crippen LogP contribution in [0.3, 0.4) is 0 Å². The molecule has 2 saturated heterocycles. The van der Waals surface area contributed by atoms with E-state index in [-0.39, 0.29) is 25.2 Å². The van der Waals surface area contributed by atoms with E-state index in [0.717, 1.165) is 6.29 Å². The number of likely N-dealkylation sites (N-methyl/N-ethyl adjacent to an activating group) is 1. The number of carbonyl (C=O) groups is 4. The Morgan fingerprint density at radius 3 is 2.16 bits per heavy atom. The van der Waals surface area contributed by atoms with Crippen LogP contribution < -0.4 is 0 Å². The van der Waals surface area contributed by atoms with Gasteiger partial charge in [0.25, 0.3) is 0 Å². The Morgan fingerprint density at radius 1 is 0.930 bits per heavy atom. The van der Waals surface area contributed by atoms with Gasteiger partial charge in [-0.05, 0) is 59.7 Å². The van der Waals surface area contributed by atoms with Gasteiger partial charge >= 0.3 is 11.9 Å². The van der Waals surface area contributed by atoms with Gasteiger partial charge in [0.1, 0.15) is 30.7 Å². The number of ether oxygens (including phenoxy) is 8. The molecule has 3 heterocycles. The van der Waals surface area contributed by atoms with E-state index >= 15 is 0 Å². The van der Waals surface area contributed by atoms with Crippen molar-refractivity contribution in [2.45, 2.75) is 154 Å². The topological polar surface area (TPSA) is 206 Å². The summed E-state index contributed by atoms with van der Waals surface area (Å²) < 4.78 is 47.7. The summed E-state index contributed by atoms with van der Waals surface area (Å²) in [6, 6.07) is -0.748. The van der Waals surface area contributed by atoms with Crippen molar-refractivity contribution in [1.82, 2.24) is 4.90 Å². The molecule has 0 spiro atoms. The van der Waals surface area contributed by atoms with Crippen LogP contribution in [0.2, 0.25) is 0 Å². The first-order valence-electron chi connectivity index (χ1n) is 19.9. The molecule has 0 saturated carbocycles. The Labute approximate surface area is 337 Å². The SMILES string of the molecule is CC[C@H]1OC(=O)C[C@@H](O)[C@H](C)[C@@H](O[C@H]2O[C@@H](C)[C@H](O)[C@@H](N(C)C)[C@@H]2O)[C@@H](CC=O)C[C@@H](C)C(=O)/C=C/C(C)=C/[C@@H]1CO[C@@H]1O[C@H](C)[C@@H](OC(C)=O)[C@@H](OC)[C@H]1OC. The van der Waals surface area contributed by atoms with Gasteiger partial charge in [0.2, 0.25) is 0 Å². The van der Waals surface area contributed by atoms with Crippen LogP contribution in [-0.2, 0) is 57.1 Å². The predicted octanol–water partition coefficient (Wildman–Crippen LogP) is 2.13. The standard InChI is InChI=1S/C41H67NO15/c1-12-31-28(20-52-41-39(51-11)38(50-10)37(25(6)54-41)55-26(7)44)17-21(2)13-14-29(45)22(3)18-27(15-16-43)36(23(4)30(46)19-32(47)56-31)57-40-35(49)33(42(8)9)34(48)24(5)53-40/h13-14,16-17,22-25,27-28,30-31,33-41,46,48-49H,12,15,18-20H2,1-11H3/b14-13+,21-17+/t22-,23+,24+,25-,27+,28-,30-,31-,33-,34+,35+,36-,37-,38-,39-,40-,41-/m1/s1. The Bertz CT molecular complexity index is 1370. The van der Waals surface area contributed by atoms with Crippen molar-refractivity contribution >= 4 is 24.0 Å². The minimum atomic E-state index is -1.33. The maximum Gasteiger partial charge on any atom is 0.308 e. The number of ketones is 1. The summed E-state index contributed by atoms with van der Waals surface area (Å²) in [6.07, 6.45) is -5.40. The molecule has 16 heteroatoms. The first-order valence-corrected chi connectivity index (χ1v) is 19.9. The van der Waals surface area contributed by atoms with Crippen LogP contribution in [0.15, 0.2) is 23.8 Å². The average Bonchev–Trinajstić information content (AvgIpc) is 3.14. The molecule has 3 aliphatic heterocycles. The van der Waals surface area contributed by atoms with Gasteiger partial charge in [0, 0.05) is 45.3 Å². The van der Waals surface area contributed by atoms with Crippen LogP contribution in [0.25, 0.3) is 0 Å². The molecule has 0 unspecified atom stereocenters. The monoisotopic (exact) mass is 813 g/mol. The zero-order valence-electron chi connectivity index (χ0n) is 35.3. The number of methoxy groups -OCH3 is 2. The molecule has 326 valence electrons. The summed E-state index contributed by atoms with van der Waals surface area (Å²) in [7, 11) is 6.36. The van der Waals surface area contributed by atoms with E-state index in [1.165, 1.54) is 27.2 Å². The number of hydrogen-bond donors (Lipinski definition) is 3. The summed E-state index contributed by atoms with van der Waals surface area (Å²) in [5.41, 5.74) is 0.686. The summed E-state index contributed by atoms with van der Waals surface area (Å²) >= 11 is 0. The van der Waals surface area contributed by atoms with Crippen molar-refractivity contribution in [2.75, 3.05) is 34.9 Å². The van der Waals surface area contributed by atoms with E-state index in [1.54, 1.807) is 59.7 Å². The third kappa shape index (κ3) is 12.9. The number of aliphatic hydroxyl groups is 3. The van der Waals surface area contributed by atoms with Crippen LogP contribution in [-0.4, -0.2) is 159 Å². The number of aliphatic hydroxyl groups excluding tert-OH is 3. The Morgan fingerprint density at radius 2 is 1.58 bits per heavy atom. The molecule has 3 rings (SSSR count). The lowest BCUT2D eigenvalue weighted by molar-refractivity contribution is -0.306. The largest absolute Gasteiger partial charge is 0.462 e. The summed E-state index contributed by atoms with van der Waals surface area (Å²) in [5, 5.41) is 33.7. The third-order valence-electron chi connectivity index (χ3n) is 11.4. The number of cyclic esters (lactones) is 1. The van der Waals surface area contributed by atoms with Gasteiger partial charge in [0.15, 0.2) is 24.5 Å². The second kappa shape index (κ2) is 22.7. The van der Waals surface area contributed by atoms with E-state index in [4.69, 9.17) is 37.9 Å². The number of rotatable bonds is 12. The molecule has 0 aromatic carbocycles. The number of carbonyl (C=O) groups excluding carboxylic acids is 4. The first-order chi connectivity index (χ1) is 26.9. The van der Waals surface area contributed by atoms with Crippen LogP contribution in [0.1, 0.15) is 74.1 Å². The van der Waals surface area contributed by atoms with E-state index in [2.05, 4.69) is 0 Å². The highest BCUT2D eigenvalue weighted by molar-refractivity contribution is 5.91. The molecule has 0 aliphatic carbocycles. The fourth-order valence-corrected chi connectivity index (χ4v) is 8.10. The van der Waals surface area contributed by atoms with Crippen LogP contribution in [0, 0.1) is 23.7 Å². The maximum absolute atomic E-state index is 13.6. The molecule has 2 fully saturated rings. The van der Waals surface area contributed by atoms with E-state index < -0.39 is 122 Å². The third-order valence-corrected chi connectivity index (χ3v) is 11.4. The Balaban J connectivity index is 1.96. The summed E-state index contributed by atoms with van der Waals surface area (Å²) in [5.74, 6) is -3.96. The molecule has 3 aliphatic rings. The second-order valence-corrected chi connectivity index (χ2v) is 15.9. The zero-order valence-corrected chi connectivity index (χ0v) is 35.3. The number of esters is 2. The number of aldehydes is 1. The quantitative estimate of drug-likeness (QED) is 0.191. The molecule has 0 aromatic heterocycles. The summed E-state index contributed by atoms with van der Waals surface area (Å²) in [4.78, 5) is 52.8. The van der Waals surface area contributed by atoms with Crippen LogP contribution in [0.4, 0.5) is 0 Å². The number of nitrogens with zero attached hydrogens (tertiary/aromatic N) is 1. The Kier molecular flexibility index (Phi) is 19.4. The maximum atomic E-state index is 13.6. The van der Waals surface area contributed by atoms with Crippen molar-refractivity contribution in [3.8, 4) is 0 Å². The smallest absolute Gasteiger partial charge is 0.308 e. The average molecular weight is 814 g/mol. The summed E-state index contributed by atoms with van der Waals surface area (Å²) in [6.45, 7) is 11.7. The van der Waals surface area contributed by atoms with Gasteiger partial charge in [-0.1, -0.05) is 38.5 Å². The lowest BCUT2D eigenvalue weighted by Crippen LogP contribution is -2.63. The van der Waals surface area contributed by atoms with Crippen LogP contribution in [0.5, 0.6) is 0 Å². The molecule has 0 aromatic rings. The molecule has 3 N–H and O–H groups in total. The molecule has 0 radical (unpaired) electrons. The first kappa shape index (κ1) is 48.7. The fourth-order valence-electron chi connectivity index (χ4n) is 8.10. The van der Waals surface area contributed by atoms with Crippen molar-refractivity contribution < 1.29 is 72.4 Å². The van der Waals surface area contributed by atoms with Crippen molar-refractivity contribution in [3.05, 3.63) is 23.8 Å². The molecular weight excluding hydrogens is 746 g/mol. The fraction of sp³-hybridized carbons (Fsp3) is 0.805. The van der Waals surface area contributed by atoms with Gasteiger partial charge in [0.05, 0.1) is 49.6 Å². The van der Waals surface area contributed by atoms with Crippen molar-refractivity contribution in [3.63, 3.8) is 0 Å². The molecule has 57 heavy (non-hydrogen) atoms. The number of allylic oxidation sites excluding steroid dienone is 3. The van der Waals surface area contributed by atoms with Gasteiger partial charge in [-0.15, -0.1) is 0 Å². The minimum absolute atomic E-state index is 0.0136. The lowest BCUT2D eigenvalue weighted by Gasteiger charge is -2.46. The molecule has 16 nitrogen and oxygen atoms in total. The van der Waals surface area contributed by atoms with Gasteiger partial charge in [-0.2, -0.15) is 0 Å². The van der Waals surface area contributed by atoms with Gasteiger partial charge in [-0.25, -0.2) is 0 Å². The van der Waals surface area contributed by atoms with E-state index in [9.17, 15) is 34.5 Å². The van der Waals surface area contributed by atoms with Crippen molar-refractivity contribution in [1.29, 1.82) is 0 Å².